The number of para-hydroxylation sites is 1. The van der Waals surface area contributed by atoms with E-state index in [0.29, 0.717) is 39.9 Å². The average Bonchev–Trinajstić information content (AvgIpc) is 3.73. The fourth-order valence-electron chi connectivity index (χ4n) is 4.80. The van der Waals surface area contributed by atoms with Crippen molar-refractivity contribution in [2.24, 2.45) is 0 Å². The fraction of sp³-hybridized carbons (Fsp3) is 0.0323. The van der Waals surface area contributed by atoms with Crippen LogP contribution >= 0.6 is 0 Å². The summed E-state index contributed by atoms with van der Waals surface area (Å²) in [5.74, 6) is 1.17. The second-order valence-corrected chi connectivity index (χ2v) is 9.11. The molecule has 0 amide bonds. The van der Waals surface area contributed by atoms with Crippen LogP contribution in [0.5, 0.6) is 0 Å². The summed E-state index contributed by atoms with van der Waals surface area (Å²) >= 11 is 0. The Balaban J connectivity index is 1.49. The topological polar surface area (TPSA) is 67.8 Å². The lowest BCUT2D eigenvalue weighted by molar-refractivity contribution is -0.137. The first-order chi connectivity index (χ1) is 18.9. The highest BCUT2D eigenvalue weighted by atomic mass is 19.4. The Morgan fingerprint density at radius 2 is 1.28 bits per heavy atom. The number of nitrogens with zero attached hydrogens (tertiary/aromatic N) is 2. The molecule has 5 nitrogen and oxygen atoms in total. The Bertz CT molecular complexity index is 1880. The van der Waals surface area contributed by atoms with Gasteiger partial charge in [-0.25, -0.2) is 9.97 Å². The maximum absolute atomic E-state index is 13.3. The molecule has 7 rings (SSSR count). The van der Waals surface area contributed by atoms with Gasteiger partial charge in [-0.2, -0.15) is 13.2 Å². The molecule has 8 heteroatoms. The molecule has 0 spiro atoms. The van der Waals surface area contributed by atoms with Gasteiger partial charge in [0, 0.05) is 27.4 Å². The number of benzene rings is 2. The molecular weight excluding hydrogens is 503 g/mol. The number of rotatable bonds is 4. The van der Waals surface area contributed by atoms with E-state index in [1.165, 1.54) is 12.1 Å². The minimum absolute atomic E-state index is 0.545. The molecule has 0 saturated heterocycles. The first-order valence-corrected chi connectivity index (χ1v) is 12.1. The van der Waals surface area contributed by atoms with Crippen molar-refractivity contribution in [3.8, 4) is 45.4 Å². The van der Waals surface area contributed by atoms with Gasteiger partial charge in [-0.15, -0.1) is 0 Å². The molecule has 5 aromatic heterocycles. The molecule has 5 heterocycles. The normalized spacial score (nSPS) is 12.0. The number of furan rings is 2. The third-order valence-electron chi connectivity index (χ3n) is 6.65. The number of pyridine rings is 2. The lowest BCUT2D eigenvalue weighted by Crippen LogP contribution is -2.04. The Kier molecular flexibility index (Phi) is 5.16. The maximum Gasteiger partial charge on any atom is 0.416 e. The number of H-pyrrole nitrogens is 1. The number of fused-ring (bicyclic) bond motifs is 3. The minimum Gasteiger partial charge on any atom is -0.463 e. The first kappa shape index (κ1) is 23.0. The predicted octanol–water partition coefficient (Wildman–Crippen LogP) is 8.98. The van der Waals surface area contributed by atoms with Crippen LogP contribution in [0.3, 0.4) is 0 Å². The molecule has 7 aromatic rings. The summed E-state index contributed by atoms with van der Waals surface area (Å²) < 4.78 is 51.0. The number of alkyl halides is 3. The highest BCUT2D eigenvalue weighted by Crippen LogP contribution is 2.38. The Hall–Kier alpha value is -5.11. The second-order valence-electron chi connectivity index (χ2n) is 9.11. The van der Waals surface area contributed by atoms with Crippen LogP contribution in [0, 0.1) is 0 Å². The zero-order valence-corrected chi connectivity index (χ0v) is 20.2. The summed E-state index contributed by atoms with van der Waals surface area (Å²) in [6.45, 7) is 0. The molecule has 0 saturated carbocycles. The van der Waals surface area contributed by atoms with Crippen molar-refractivity contribution < 1.29 is 22.0 Å². The van der Waals surface area contributed by atoms with E-state index in [9.17, 15) is 13.2 Å². The third kappa shape index (κ3) is 4.06. The monoisotopic (exact) mass is 521 g/mol. The number of aromatic amines is 1. The fourth-order valence-corrected chi connectivity index (χ4v) is 4.80. The number of aromatic nitrogens is 3. The Morgan fingerprint density at radius 3 is 1.90 bits per heavy atom. The van der Waals surface area contributed by atoms with E-state index in [2.05, 4.69) is 4.98 Å². The number of hydrogen-bond acceptors (Lipinski definition) is 4. The molecule has 1 N–H and O–H groups in total. The summed E-state index contributed by atoms with van der Waals surface area (Å²) in [4.78, 5) is 13.1. The molecule has 0 unspecified atom stereocenters. The Morgan fingerprint density at radius 1 is 0.615 bits per heavy atom. The molecular formula is C31H18F3N3O2. The van der Waals surface area contributed by atoms with Crippen molar-refractivity contribution in [2.45, 2.75) is 6.18 Å². The van der Waals surface area contributed by atoms with Crippen LogP contribution in [0.25, 0.3) is 67.2 Å². The molecule has 0 bridgehead atoms. The van der Waals surface area contributed by atoms with E-state index >= 15 is 0 Å². The molecule has 39 heavy (non-hydrogen) atoms. The standard InChI is InChI=1S/C31H18F3N3O2/c32-31(33,34)20-11-9-18(10-12-20)29-30-22(21-5-1-2-6-23(21)36-30)17-24(37-29)19-15-25(27-7-3-13-38-27)35-26(16-19)28-8-4-14-39-28/h1-17,36H. The van der Waals surface area contributed by atoms with E-state index in [1.807, 2.05) is 54.6 Å². The number of halogens is 3. The van der Waals surface area contributed by atoms with Gasteiger partial charge in [0.15, 0.2) is 11.5 Å². The first-order valence-electron chi connectivity index (χ1n) is 12.1. The summed E-state index contributed by atoms with van der Waals surface area (Å²) in [5, 5.41) is 1.89. The van der Waals surface area contributed by atoms with Crippen molar-refractivity contribution in [2.75, 3.05) is 0 Å². The lowest BCUT2D eigenvalue weighted by Gasteiger charge is -2.11. The lowest BCUT2D eigenvalue weighted by atomic mass is 10.0. The van der Waals surface area contributed by atoms with Gasteiger partial charge in [0.2, 0.25) is 0 Å². The highest BCUT2D eigenvalue weighted by Gasteiger charge is 2.30. The minimum atomic E-state index is -4.42. The van der Waals surface area contributed by atoms with Crippen molar-refractivity contribution in [1.29, 1.82) is 0 Å². The number of nitrogens with one attached hydrogen (secondary N) is 1. The van der Waals surface area contributed by atoms with Gasteiger partial charge in [-0.1, -0.05) is 30.3 Å². The van der Waals surface area contributed by atoms with Gasteiger partial charge in [-0.05, 0) is 60.7 Å². The van der Waals surface area contributed by atoms with Crippen LogP contribution in [0.4, 0.5) is 13.2 Å². The smallest absolute Gasteiger partial charge is 0.416 e. The molecule has 190 valence electrons. The van der Waals surface area contributed by atoms with Crippen LogP contribution in [0.15, 0.2) is 112 Å². The number of hydrogen-bond donors (Lipinski definition) is 1. The van der Waals surface area contributed by atoms with Gasteiger partial charge >= 0.3 is 6.18 Å². The summed E-state index contributed by atoms with van der Waals surface area (Å²) in [6, 6.07) is 25.9. The van der Waals surface area contributed by atoms with Gasteiger partial charge < -0.3 is 13.8 Å². The summed E-state index contributed by atoms with van der Waals surface area (Å²) in [7, 11) is 0. The van der Waals surface area contributed by atoms with E-state index in [4.69, 9.17) is 18.8 Å². The second kappa shape index (κ2) is 8.73. The van der Waals surface area contributed by atoms with Crippen LogP contribution in [0.2, 0.25) is 0 Å². The van der Waals surface area contributed by atoms with Crippen molar-refractivity contribution in [3.63, 3.8) is 0 Å². The van der Waals surface area contributed by atoms with Gasteiger partial charge in [0.25, 0.3) is 0 Å². The molecule has 0 aliphatic carbocycles. The van der Waals surface area contributed by atoms with Crippen molar-refractivity contribution >= 4 is 21.8 Å². The van der Waals surface area contributed by atoms with E-state index in [0.717, 1.165) is 39.5 Å². The van der Waals surface area contributed by atoms with Crippen molar-refractivity contribution in [3.05, 3.63) is 109 Å². The van der Waals surface area contributed by atoms with Crippen LogP contribution in [0.1, 0.15) is 5.56 Å². The molecule has 0 fully saturated rings. The van der Waals surface area contributed by atoms with Crippen LogP contribution in [-0.4, -0.2) is 15.0 Å². The summed E-state index contributed by atoms with van der Waals surface area (Å²) in [6.07, 6.45) is -1.27. The van der Waals surface area contributed by atoms with Crippen molar-refractivity contribution in [1.82, 2.24) is 15.0 Å². The third-order valence-corrected chi connectivity index (χ3v) is 6.65. The highest BCUT2D eigenvalue weighted by molar-refractivity contribution is 6.12. The largest absolute Gasteiger partial charge is 0.463 e. The van der Waals surface area contributed by atoms with Crippen LogP contribution in [-0.2, 0) is 6.18 Å². The van der Waals surface area contributed by atoms with Gasteiger partial charge in [0.05, 0.1) is 35.0 Å². The quantitative estimate of drug-likeness (QED) is 0.251. The van der Waals surface area contributed by atoms with Gasteiger partial charge in [0.1, 0.15) is 11.4 Å². The molecule has 0 aliphatic heterocycles. The predicted molar refractivity (Wildman–Crippen MR) is 143 cm³/mol. The zero-order chi connectivity index (χ0) is 26.6. The molecule has 0 radical (unpaired) electrons. The Labute approximate surface area is 219 Å². The van der Waals surface area contributed by atoms with E-state index < -0.39 is 11.7 Å². The zero-order valence-electron chi connectivity index (χ0n) is 20.2. The van der Waals surface area contributed by atoms with E-state index in [-0.39, 0.29) is 0 Å². The van der Waals surface area contributed by atoms with Gasteiger partial charge in [-0.3, -0.25) is 0 Å². The molecule has 2 aromatic carbocycles. The SMILES string of the molecule is FC(F)(F)c1ccc(-c2nc(-c3cc(-c4ccco4)nc(-c4ccco4)c3)cc3c2[nH]c2ccccc23)cc1. The molecule has 0 aliphatic rings. The summed E-state index contributed by atoms with van der Waals surface area (Å²) in [5.41, 5.74) is 4.62. The maximum atomic E-state index is 13.3. The average molecular weight is 521 g/mol. The van der Waals surface area contributed by atoms with Crippen LogP contribution < -0.4 is 0 Å². The molecule has 0 atom stereocenters. The van der Waals surface area contributed by atoms with E-state index in [1.54, 1.807) is 24.7 Å².